The van der Waals surface area contributed by atoms with Crippen molar-refractivity contribution >= 4 is 39.3 Å². The zero-order valence-electron chi connectivity index (χ0n) is 23.6. The van der Waals surface area contributed by atoms with Gasteiger partial charge in [0.1, 0.15) is 22.5 Å². The van der Waals surface area contributed by atoms with Gasteiger partial charge < -0.3 is 19.8 Å². The number of carbonyl (C=O) groups is 1. The number of aryl methyl sites for hydroxylation is 1. The van der Waals surface area contributed by atoms with Crippen LogP contribution < -0.4 is 9.80 Å². The van der Waals surface area contributed by atoms with Crippen molar-refractivity contribution in [1.29, 1.82) is 5.26 Å². The Hall–Kier alpha value is -4.19. The standard InChI is InChI=1S/C29H29F3N8O2S/c1-3-20-27(36(2)29-34-26(23(13-33)43-29)17-4-6-18(30)7-5-17)22-12-21(25(31)28(32)40(22)35-20)38-10-8-37(9-11-38)16-24(42)39-14-19(41)15-39/h4-7,12,19,41H,3,8-11,14-16H2,1-2H3. The van der Waals surface area contributed by atoms with Crippen LogP contribution in [0.5, 0.6) is 0 Å². The molecule has 224 valence electrons. The number of aliphatic hydroxyl groups excluding tert-OH is 1. The maximum atomic E-state index is 15.5. The fourth-order valence-corrected chi connectivity index (χ4v) is 6.35. The molecule has 1 amide bonds. The Bertz CT molecular complexity index is 1720. The van der Waals surface area contributed by atoms with Crippen molar-refractivity contribution in [2.45, 2.75) is 19.4 Å². The maximum Gasteiger partial charge on any atom is 0.252 e. The minimum atomic E-state index is -1.11. The third-order valence-corrected chi connectivity index (χ3v) is 8.95. The number of fused-ring (bicyclic) bond motifs is 1. The summed E-state index contributed by atoms with van der Waals surface area (Å²) in [6.07, 6.45) is -0.0325. The van der Waals surface area contributed by atoms with E-state index >= 15 is 8.78 Å². The van der Waals surface area contributed by atoms with E-state index in [4.69, 9.17) is 0 Å². The number of pyridine rings is 1. The number of thiazole rings is 1. The number of aliphatic hydroxyl groups is 1. The lowest BCUT2D eigenvalue weighted by Gasteiger charge is -2.39. The Kier molecular flexibility index (Phi) is 7.72. The molecule has 4 aromatic rings. The van der Waals surface area contributed by atoms with E-state index in [1.54, 1.807) is 39.9 Å². The van der Waals surface area contributed by atoms with Gasteiger partial charge in [0.15, 0.2) is 5.13 Å². The van der Waals surface area contributed by atoms with Gasteiger partial charge in [-0.05, 0) is 36.8 Å². The van der Waals surface area contributed by atoms with Gasteiger partial charge in [-0.2, -0.15) is 19.1 Å². The highest BCUT2D eigenvalue weighted by Crippen LogP contribution is 2.40. The molecule has 2 aliphatic heterocycles. The molecule has 43 heavy (non-hydrogen) atoms. The zero-order valence-corrected chi connectivity index (χ0v) is 24.4. The minimum absolute atomic E-state index is 0.0549. The lowest BCUT2D eigenvalue weighted by Crippen LogP contribution is -2.57. The Morgan fingerprint density at radius 2 is 1.86 bits per heavy atom. The number of carbonyl (C=O) groups excluding carboxylic acids is 1. The molecule has 3 aromatic heterocycles. The van der Waals surface area contributed by atoms with Gasteiger partial charge in [-0.15, -0.1) is 0 Å². The summed E-state index contributed by atoms with van der Waals surface area (Å²) in [7, 11) is 1.73. The van der Waals surface area contributed by atoms with Crippen LogP contribution in [-0.4, -0.2) is 94.4 Å². The smallest absolute Gasteiger partial charge is 0.252 e. The van der Waals surface area contributed by atoms with Crippen LogP contribution in [0.2, 0.25) is 0 Å². The van der Waals surface area contributed by atoms with Crippen LogP contribution in [0.15, 0.2) is 30.3 Å². The molecule has 0 aliphatic carbocycles. The second-order valence-electron chi connectivity index (χ2n) is 10.6. The van der Waals surface area contributed by atoms with Crippen LogP contribution in [0.1, 0.15) is 17.5 Å². The molecule has 2 saturated heterocycles. The second-order valence-corrected chi connectivity index (χ2v) is 11.6. The van der Waals surface area contributed by atoms with Gasteiger partial charge in [0.25, 0.3) is 5.95 Å². The number of β-amino-alcohol motifs (C(OH)–C–C–N with tert-alkyl or cyclic N) is 1. The summed E-state index contributed by atoms with van der Waals surface area (Å²) >= 11 is 1.14. The van der Waals surface area contributed by atoms with E-state index in [-0.39, 0.29) is 18.1 Å². The summed E-state index contributed by atoms with van der Waals surface area (Å²) in [5.74, 6) is -2.58. The van der Waals surface area contributed by atoms with E-state index in [0.717, 1.165) is 15.9 Å². The molecular formula is C29H29F3N8O2S. The number of hydrogen-bond acceptors (Lipinski definition) is 9. The molecule has 0 atom stereocenters. The average molecular weight is 611 g/mol. The van der Waals surface area contributed by atoms with Crippen molar-refractivity contribution in [1.82, 2.24) is 24.4 Å². The highest BCUT2D eigenvalue weighted by molar-refractivity contribution is 7.16. The van der Waals surface area contributed by atoms with E-state index < -0.39 is 23.7 Å². The molecule has 6 rings (SSSR count). The molecule has 2 aliphatic rings. The van der Waals surface area contributed by atoms with Crippen molar-refractivity contribution < 1.29 is 23.1 Å². The Morgan fingerprint density at radius 3 is 2.49 bits per heavy atom. The minimum Gasteiger partial charge on any atom is -0.389 e. The van der Waals surface area contributed by atoms with Crippen molar-refractivity contribution in [3.63, 3.8) is 0 Å². The number of anilines is 3. The molecule has 14 heteroatoms. The first kappa shape index (κ1) is 28.9. The molecule has 1 aromatic carbocycles. The van der Waals surface area contributed by atoms with Crippen LogP contribution in [0.4, 0.5) is 29.7 Å². The van der Waals surface area contributed by atoms with Gasteiger partial charge in [0, 0.05) is 51.9 Å². The van der Waals surface area contributed by atoms with E-state index in [1.165, 1.54) is 12.1 Å². The maximum absolute atomic E-state index is 15.5. The number of nitrogens with zero attached hydrogens (tertiary/aromatic N) is 8. The molecule has 10 nitrogen and oxygen atoms in total. The summed E-state index contributed by atoms with van der Waals surface area (Å²) in [6.45, 7) is 4.53. The summed E-state index contributed by atoms with van der Waals surface area (Å²) in [5.41, 5.74) is 2.50. The van der Waals surface area contributed by atoms with E-state index in [1.807, 2.05) is 11.8 Å². The number of rotatable bonds is 7. The third kappa shape index (κ3) is 5.28. The largest absolute Gasteiger partial charge is 0.389 e. The third-order valence-electron chi connectivity index (χ3n) is 7.91. The van der Waals surface area contributed by atoms with Crippen molar-refractivity contribution in [2.24, 2.45) is 0 Å². The Balaban J connectivity index is 1.30. The molecule has 5 heterocycles. The zero-order chi connectivity index (χ0) is 30.4. The van der Waals surface area contributed by atoms with Crippen LogP contribution >= 0.6 is 11.3 Å². The fraction of sp³-hybridized carbons (Fsp3) is 0.379. The van der Waals surface area contributed by atoms with E-state index in [9.17, 15) is 19.6 Å². The van der Waals surface area contributed by atoms with Crippen LogP contribution in [0, 0.1) is 28.9 Å². The summed E-state index contributed by atoms with van der Waals surface area (Å²) < 4.78 is 45.4. The van der Waals surface area contributed by atoms with Crippen molar-refractivity contribution in [3.8, 4) is 17.3 Å². The fourth-order valence-electron chi connectivity index (χ4n) is 5.50. The van der Waals surface area contributed by atoms with E-state index in [0.29, 0.717) is 83.9 Å². The topological polar surface area (TPSA) is 104 Å². The number of nitriles is 1. The number of benzene rings is 1. The predicted octanol–water partition coefficient (Wildman–Crippen LogP) is 3.40. The molecular weight excluding hydrogens is 581 g/mol. The number of aromatic nitrogens is 3. The van der Waals surface area contributed by atoms with Crippen LogP contribution in [-0.2, 0) is 11.2 Å². The molecule has 2 fully saturated rings. The first-order valence-corrected chi connectivity index (χ1v) is 14.7. The predicted molar refractivity (Wildman–Crippen MR) is 156 cm³/mol. The number of amides is 1. The van der Waals surface area contributed by atoms with Crippen LogP contribution in [0.3, 0.4) is 0 Å². The van der Waals surface area contributed by atoms with Gasteiger partial charge in [-0.25, -0.2) is 13.9 Å². The highest BCUT2D eigenvalue weighted by Gasteiger charge is 2.32. The molecule has 1 N–H and O–H groups in total. The highest BCUT2D eigenvalue weighted by atomic mass is 32.1. The average Bonchev–Trinajstić information content (AvgIpc) is 3.60. The number of hydrogen-bond donors (Lipinski definition) is 1. The van der Waals surface area contributed by atoms with E-state index in [2.05, 4.69) is 16.2 Å². The van der Waals surface area contributed by atoms with Crippen molar-refractivity contribution in [2.75, 3.05) is 62.7 Å². The molecule has 0 spiro atoms. The summed E-state index contributed by atoms with van der Waals surface area (Å²) in [6, 6.07) is 9.44. The lowest BCUT2D eigenvalue weighted by atomic mass is 10.1. The summed E-state index contributed by atoms with van der Waals surface area (Å²) in [5, 5.41) is 24.0. The van der Waals surface area contributed by atoms with Gasteiger partial charge in [0.2, 0.25) is 11.7 Å². The van der Waals surface area contributed by atoms with Gasteiger partial charge in [-0.1, -0.05) is 18.3 Å². The molecule has 0 radical (unpaired) electrons. The normalized spacial score (nSPS) is 16.0. The van der Waals surface area contributed by atoms with Gasteiger partial charge >= 0.3 is 0 Å². The van der Waals surface area contributed by atoms with Gasteiger partial charge in [0.05, 0.1) is 35.2 Å². The Labute approximate surface area is 249 Å². The quantitative estimate of drug-likeness (QED) is 0.318. The number of piperazine rings is 1. The van der Waals surface area contributed by atoms with Gasteiger partial charge in [-0.3, -0.25) is 9.69 Å². The molecule has 0 bridgehead atoms. The number of likely N-dealkylation sites (tertiary alicyclic amines) is 1. The van der Waals surface area contributed by atoms with Crippen molar-refractivity contribution in [3.05, 3.63) is 58.5 Å². The molecule has 0 unspecified atom stereocenters. The lowest BCUT2D eigenvalue weighted by molar-refractivity contribution is -0.142. The first-order valence-electron chi connectivity index (χ1n) is 13.9. The Morgan fingerprint density at radius 1 is 1.16 bits per heavy atom. The number of halogens is 3. The SMILES string of the molecule is CCc1nn2c(F)c(F)c(N3CCN(CC(=O)N4CC(O)C4)CC3)cc2c1N(C)c1nc(-c2ccc(F)cc2)c(C#N)s1. The first-order chi connectivity index (χ1) is 20.7. The molecule has 0 saturated carbocycles. The monoisotopic (exact) mass is 610 g/mol. The second kappa shape index (κ2) is 11.5. The van der Waals surface area contributed by atoms with Crippen LogP contribution in [0.25, 0.3) is 16.8 Å². The summed E-state index contributed by atoms with van der Waals surface area (Å²) in [4.78, 5) is 24.5.